The average Bonchev–Trinajstić information content (AvgIpc) is 2.53. The molecule has 1 saturated heterocycles. The van der Waals surface area contributed by atoms with Crippen molar-refractivity contribution in [1.29, 1.82) is 0 Å². The highest BCUT2D eigenvalue weighted by Crippen LogP contribution is 2.18. The average molecular weight is 324 g/mol. The van der Waals surface area contributed by atoms with Gasteiger partial charge in [0.25, 0.3) is 0 Å². The van der Waals surface area contributed by atoms with E-state index in [-0.39, 0.29) is 0 Å². The molecule has 1 aromatic carbocycles. The number of sulfonamides is 1. The summed E-state index contributed by atoms with van der Waals surface area (Å²) in [5.41, 5.74) is 1.16. The molecule has 0 amide bonds. The van der Waals surface area contributed by atoms with E-state index in [0.29, 0.717) is 23.9 Å². The van der Waals surface area contributed by atoms with E-state index < -0.39 is 10.0 Å². The maximum absolute atomic E-state index is 12.7. The van der Waals surface area contributed by atoms with Gasteiger partial charge in [0.05, 0.1) is 4.90 Å². The van der Waals surface area contributed by atoms with Crippen LogP contribution in [0.1, 0.15) is 32.8 Å². The van der Waals surface area contributed by atoms with E-state index in [4.69, 9.17) is 0 Å². The lowest BCUT2D eigenvalue weighted by Gasteiger charge is -2.34. The SMILES string of the molecule is CCc1ccc(S(=O)(=O)N2CCN(CCC(C)C)CC2)cc1. The third kappa shape index (κ3) is 4.31. The van der Waals surface area contributed by atoms with Crippen LogP contribution in [0.15, 0.2) is 29.2 Å². The van der Waals surface area contributed by atoms with E-state index in [1.54, 1.807) is 16.4 Å². The van der Waals surface area contributed by atoms with Crippen molar-refractivity contribution in [2.24, 2.45) is 5.92 Å². The molecule has 1 heterocycles. The van der Waals surface area contributed by atoms with Crippen LogP contribution in [0.5, 0.6) is 0 Å². The van der Waals surface area contributed by atoms with Gasteiger partial charge < -0.3 is 4.90 Å². The molecule has 0 atom stereocenters. The molecule has 1 fully saturated rings. The fourth-order valence-corrected chi connectivity index (χ4v) is 4.10. The molecule has 0 radical (unpaired) electrons. The molecule has 22 heavy (non-hydrogen) atoms. The first-order valence-corrected chi connectivity index (χ1v) is 9.69. The van der Waals surface area contributed by atoms with Gasteiger partial charge in [0.1, 0.15) is 0 Å². The molecule has 1 aliphatic rings. The fraction of sp³-hybridized carbons (Fsp3) is 0.647. The molecular formula is C17H28N2O2S. The van der Waals surface area contributed by atoms with Crippen molar-refractivity contribution in [1.82, 2.24) is 9.21 Å². The summed E-state index contributed by atoms with van der Waals surface area (Å²) in [5, 5.41) is 0. The second kappa shape index (κ2) is 7.57. The van der Waals surface area contributed by atoms with Crippen molar-refractivity contribution in [3.8, 4) is 0 Å². The van der Waals surface area contributed by atoms with Gasteiger partial charge in [0.15, 0.2) is 0 Å². The second-order valence-corrected chi connectivity index (χ2v) is 8.36. The Bertz CT molecular complexity index is 559. The molecule has 2 rings (SSSR count). The van der Waals surface area contributed by atoms with E-state index in [0.717, 1.165) is 31.6 Å². The summed E-state index contributed by atoms with van der Waals surface area (Å²) < 4.78 is 27.0. The van der Waals surface area contributed by atoms with Gasteiger partial charge in [-0.3, -0.25) is 0 Å². The van der Waals surface area contributed by atoms with Gasteiger partial charge >= 0.3 is 0 Å². The highest BCUT2D eigenvalue weighted by atomic mass is 32.2. The normalized spacial score (nSPS) is 18.0. The van der Waals surface area contributed by atoms with Crippen LogP contribution in [0.4, 0.5) is 0 Å². The molecule has 0 aliphatic carbocycles. The van der Waals surface area contributed by atoms with Crippen LogP contribution in [-0.4, -0.2) is 50.3 Å². The third-order valence-electron chi connectivity index (χ3n) is 4.32. The zero-order valence-corrected chi connectivity index (χ0v) is 14.8. The highest BCUT2D eigenvalue weighted by Gasteiger charge is 2.28. The number of benzene rings is 1. The van der Waals surface area contributed by atoms with Gasteiger partial charge in [-0.1, -0.05) is 32.9 Å². The van der Waals surface area contributed by atoms with Gasteiger partial charge in [-0.05, 0) is 43.0 Å². The highest BCUT2D eigenvalue weighted by molar-refractivity contribution is 7.89. The first-order chi connectivity index (χ1) is 10.4. The summed E-state index contributed by atoms with van der Waals surface area (Å²) in [6.45, 7) is 10.4. The first-order valence-electron chi connectivity index (χ1n) is 8.25. The topological polar surface area (TPSA) is 40.6 Å². The number of hydrogen-bond acceptors (Lipinski definition) is 3. The van der Waals surface area contributed by atoms with E-state index in [2.05, 4.69) is 25.7 Å². The predicted molar refractivity (Wildman–Crippen MR) is 90.5 cm³/mol. The molecule has 0 N–H and O–H groups in total. The summed E-state index contributed by atoms with van der Waals surface area (Å²) in [6.07, 6.45) is 2.10. The fourth-order valence-electron chi connectivity index (χ4n) is 2.68. The Morgan fingerprint density at radius 2 is 1.64 bits per heavy atom. The van der Waals surface area contributed by atoms with Crippen LogP contribution in [0.3, 0.4) is 0 Å². The summed E-state index contributed by atoms with van der Waals surface area (Å²) in [6, 6.07) is 7.29. The molecule has 0 aromatic heterocycles. The molecule has 124 valence electrons. The zero-order chi connectivity index (χ0) is 16.2. The summed E-state index contributed by atoms with van der Waals surface area (Å²) >= 11 is 0. The van der Waals surface area contributed by atoms with Crippen LogP contribution >= 0.6 is 0 Å². The van der Waals surface area contributed by atoms with E-state index in [1.807, 2.05) is 12.1 Å². The third-order valence-corrected chi connectivity index (χ3v) is 6.24. The van der Waals surface area contributed by atoms with Crippen LogP contribution in [0.2, 0.25) is 0 Å². The number of nitrogens with zero attached hydrogens (tertiary/aromatic N) is 2. The molecule has 0 bridgehead atoms. The predicted octanol–water partition coefficient (Wildman–Crippen LogP) is 2.60. The van der Waals surface area contributed by atoms with Gasteiger partial charge in [-0.15, -0.1) is 0 Å². The lowest BCUT2D eigenvalue weighted by molar-refractivity contribution is 0.180. The van der Waals surface area contributed by atoms with Gasteiger partial charge in [0.2, 0.25) is 10.0 Å². The smallest absolute Gasteiger partial charge is 0.243 e. The van der Waals surface area contributed by atoms with E-state index >= 15 is 0 Å². The van der Waals surface area contributed by atoms with Crippen molar-refractivity contribution in [3.05, 3.63) is 29.8 Å². The van der Waals surface area contributed by atoms with Crippen LogP contribution in [-0.2, 0) is 16.4 Å². The summed E-state index contributed by atoms with van der Waals surface area (Å²) in [7, 11) is -3.34. The Morgan fingerprint density at radius 3 is 2.14 bits per heavy atom. The Kier molecular flexibility index (Phi) is 6.01. The van der Waals surface area contributed by atoms with Crippen molar-refractivity contribution in [3.63, 3.8) is 0 Å². The monoisotopic (exact) mass is 324 g/mol. The minimum absolute atomic E-state index is 0.417. The summed E-state index contributed by atoms with van der Waals surface area (Å²) in [5.74, 6) is 0.693. The lowest BCUT2D eigenvalue weighted by atomic mass is 10.1. The number of piperazine rings is 1. The molecular weight excluding hydrogens is 296 g/mol. The molecule has 4 nitrogen and oxygen atoms in total. The number of hydrogen-bond donors (Lipinski definition) is 0. The Labute approximate surface area is 135 Å². The van der Waals surface area contributed by atoms with Crippen LogP contribution in [0.25, 0.3) is 0 Å². The van der Waals surface area contributed by atoms with Crippen molar-refractivity contribution in [2.45, 2.75) is 38.5 Å². The minimum atomic E-state index is -3.34. The molecule has 1 aromatic rings. The second-order valence-electron chi connectivity index (χ2n) is 6.43. The maximum atomic E-state index is 12.7. The standard InChI is InChI=1S/C17H28N2O2S/c1-4-16-5-7-17(8-6-16)22(20,21)19-13-11-18(12-14-19)10-9-15(2)3/h5-8,15H,4,9-14H2,1-3H3. The molecule has 0 unspecified atom stereocenters. The lowest BCUT2D eigenvalue weighted by Crippen LogP contribution is -2.48. The van der Waals surface area contributed by atoms with Crippen molar-refractivity contribution < 1.29 is 8.42 Å². The Hall–Kier alpha value is -0.910. The van der Waals surface area contributed by atoms with Gasteiger partial charge in [-0.25, -0.2) is 8.42 Å². The Morgan fingerprint density at radius 1 is 1.05 bits per heavy atom. The van der Waals surface area contributed by atoms with Gasteiger partial charge in [-0.2, -0.15) is 4.31 Å². The van der Waals surface area contributed by atoms with Crippen molar-refractivity contribution >= 4 is 10.0 Å². The van der Waals surface area contributed by atoms with E-state index in [1.165, 1.54) is 6.42 Å². The largest absolute Gasteiger partial charge is 0.301 e. The van der Waals surface area contributed by atoms with Crippen LogP contribution < -0.4 is 0 Å². The van der Waals surface area contributed by atoms with Gasteiger partial charge in [0, 0.05) is 26.2 Å². The molecule has 1 aliphatic heterocycles. The van der Waals surface area contributed by atoms with Crippen LogP contribution in [0, 0.1) is 5.92 Å². The first kappa shape index (κ1) is 17.4. The van der Waals surface area contributed by atoms with Crippen molar-refractivity contribution in [2.75, 3.05) is 32.7 Å². The molecule has 5 heteroatoms. The quantitative estimate of drug-likeness (QED) is 0.807. The molecule has 0 saturated carbocycles. The number of aryl methyl sites for hydroxylation is 1. The minimum Gasteiger partial charge on any atom is -0.301 e. The maximum Gasteiger partial charge on any atom is 0.243 e. The Balaban J connectivity index is 1.96. The molecule has 0 spiro atoms. The number of rotatable bonds is 6. The zero-order valence-electron chi connectivity index (χ0n) is 14.0. The van der Waals surface area contributed by atoms with E-state index in [9.17, 15) is 8.42 Å². The summed E-state index contributed by atoms with van der Waals surface area (Å²) in [4.78, 5) is 2.78.